The molecule has 0 fully saturated rings. The SMILES string of the molecule is N#CCc1c(I)ccc2scc(O)c12. The van der Waals surface area contributed by atoms with Crippen LogP contribution in [-0.4, -0.2) is 5.11 Å². The molecule has 1 N–H and O–H groups in total. The normalized spacial score (nSPS) is 10.3. The minimum atomic E-state index is 0.286. The average Bonchev–Trinajstić information content (AvgIpc) is 2.53. The molecule has 0 radical (unpaired) electrons. The largest absolute Gasteiger partial charge is 0.506 e. The van der Waals surface area contributed by atoms with Crippen LogP contribution in [-0.2, 0) is 6.42 Å². The molecular formula is C10H6INOS. The van der Waals surface area contributed by atoms with Gasteiger partial charge in [0.25, 0.3) is 0 Å². The van der Waals surface area contributed by atoms with Crippen molar-refractivity contribution < 1.29 is 5.11 Å². The fourth-order valence-corrected chi connectivity index (χ4v) is 2.90. The number of nitriles is 1. The highest BCUT2D eigenvalue weighted by molar-refractivity contribution is 14.1. The van der Waals surface area contributed by atoms with Crippen molar-refractivity contribution in [2.45, 2.75) is 6.42 Å². The molecule has 0 atom stereocenters. The quantitative estimate of drug-likeness (QED) is 0.821. The van der Waals surface area contributed by atoms with Gasteiger partial charge in [-0.1, -0.05) is 0 Å². The van der Waals surface area contributed by atoms with Crippen molar-refractivity contribution in [3.8, 4) is 11.8 Å². The van der Waals surface area contributed by atoms with Crippen molar-refractivity contribution in [3.05, 3.63) is 26.6 Å². The van der Waals surface area contributed by atoms with Crippen LogP contribution < -0.4 is 0 Å². The molecule has 0 unspecified atom stereocenters. The summed E-state index contributed by atoms with van der Waals surface area (Å²) in [5.41, 5.74) is 0.935. The summed E-state index contributed by atoms with van der Waals surface area (Å²) >= 11 is 3.69. The number of hydrogen-bond donors (Lipinski definition) is 1. The van der Waals surface area contributed by atoms with Gasteiger partial charge in [0, 0.05) is 19.0 Å². The molecule has 1 heterocycles. The van der Waals surface area contributed by atoms with Crippen molar-refractivity contribution in [3.63, 3.8) is 0 Å². The molecule has 0 aliphatic rings. The Morgan fingerprint density at radius 1 is 1.50 bits per heavy atom. The number of rotatable bonds is 1. The van der Waals surface area contributed by atoms with E-state index < -0.39 is 0 Å². The first kappa shape index (κ1) is 9.74. The molecule has 1 aromatic carbocycles. The third-order valence-corrected chi connectivity index (χ3v) is 3.97. The number of thiophene rings is 1. The number of benzene rings is 1. The molecule has 1 aromatic heterocycles. The van der Waals surface area contributed by atoms with E-state index in [0.29, 0.717) is 6.42 Å². The Hall–Kier alpha value is -0.800. The summed E-state index contributed by atoms with van der Waals surface area (Å²) in [6.45, 7) is 0. The smallest absolute Gasteiger partial charge is 0.134 e. The minimum Gasteiger partial charge on any atom is -0.506 e. The Morgan fingerprint density at radius 2 is 2.29 bits per heavy atom. The number of fused-ring (bicyclic) bond motifs is 1. The summed E-state index contributed by atoms with van der Waals surface area (Å²) in [4.78, 5) is 0. The molecule has 0 saturated carbocycles. The first-order valence-corrected chi connectivity index (χ1v) is 5.94. The Labute approximate surface area is 98.9 Å². The molecule has 0 spiro atoms. The molecule has 14 heavy (non-hydrogen) atoms. The van der Waals surface area contributed by atoms with E-state index in [2.05, 4.69) is 28.7 Å². The zero-order chi connectivity index (χ0) is 10.1. The van der Waals surface area contributed by atoms with E-state index in [0.717, 1.165) is 19.2 Å². The van der Waals surface area contributed by atoms with Gasteiger partial charge in [-0.2, -0.15) is 5.26 Å². The van der Waals surface area contributed by atoms with Crippen LogP contribution in [0.3, 0.4) is 0 Å². The van der Waals surface area contributed by atoms with E-state index in [4.69, 9.17) is 5.26 Å². The third kappa shape index (κ3) is 1.47. The van der Waals surface area contributed by atoms with Crippen molar-refractivity contribution in [1.29, 1.82) is 5.26 Å². The van der Waals surface area contributed by atoms with Gasteiger partial charge in [0.2, 0.25) is 0 Å². The summed E-state index contributed by atoms with van der Waals surface area (Å²) in [5, 5.41) is 20.9. The second-order valence-electron chi connectivity index (χ2n) is 2.85. The second kappa shape index (κ2) is 3.75. The number of aromatic hydroxyl groups is 1. The molecule has 2 rings (SSSR count). The molecular weight excluding hydrogens is 309 g/mol. The molecule has 0 bridgehead atoms. The third-order valence-electron chi connectivity index (χ3n) is 2.03. The maximum Gasteiger partial charge on any atom is 0.134 e. The molecule has 0 amide bonds. The van der Waals surface area contributed by atoms with Gasteiger partial charge in [0.1, 0.15) is 5.75 Å². The summed E-state index contributed by atoms with van der Waals surface area (Å²) in [5.74, 6) is 0.286. The van der Waals surface area contributed by atoms with Gasteiger partial charge in [-0.25, -0.2) is 0 Å². The number of halogens is 1. The molecule has 0 saturated heterocycles. The lowest BCUT2D eigenvalue weighted by Gasteiger charge is -2.02. The van der Waals surface area contributed by atoms with E-state index in [1.165, 1.54) is 11.3 Å². The monoisotopic (exact) mass is 315 g/mol. The molecule has 70 valence electrons. The van der Waals surface area contributed by atoms with E-state index >= 15 is 0 Å². The van der Waals surface area contributed by atoms with Crippen LogP contribution in [0.5, 0.6) is 5.75 Å². The van der Waals surface area contributed by atoms with Gasteiger partial charge >= 0.3 is 0 Å². The van der Waals surface area contributed by atoms with Crippen molar-refractivity contribution in [1.82, 2.24) is 0 Å². The lowest BCUT2D eigenvalue weighted by molar-refractivity contribution is 0.483. The fraction of sp³-hybridized carbons (Fsp3) is 0.100. The maximum atomic E-state index is 9.64. The average molecular weight is 315 g/mol. The van der Waals surface area contributed by atoms with Crippen molar-refractivity contribution in [2.75, 3.05) is 0 Å². The van der Waals surface area contributed by atoms with E-state index in [1.54, 1.807) is 5.38 Å². The highest BCUT2D eigenvalue weighted by Gasteiger charge is 2.10. The maximum absolute atomic E-state index is 9.64. The topological polar surface area (TPSA) is 44.0 Å². The van der Waals surface area contributed by atoms with E-state index in [-0.39, 0.29) is 5.75 Å². The van der Waals surface area contributed by atoms with Crippen LogP contribution in [0.1, 0.15) is 5.56 Å². The van der Waals surface area contributed by atoms with Crippen LogP contribution in [0, 0.1) is 14.9 Å². The van der Waals surface area contributed by atoms with Crippen LogP contribution in [0.4, 0.5) is 0 Å². The molecule has 0 aliphatic heterocycles. The van der Waals surface area contributed by atoms with Gasteiger partial charge in [-0.05, 0) is 40.3 Å². The van der Waals surface area contributed by atoms with Crippen molar-refractivity contribution in [2.24, 2.45) is 0 Å². The molecule has 2 nitrogen and oxygen atoms in total. The van der Waals surface area contributed by atoms with E-state index in [1.807, 2.05) is 12.1 Å². The summed E-state index contributed by atoms with van der Waals surface area (Å²) < 4.78 is 2.07. The predicted octanol–water partition coefficient (Wildman–Crippen LogP) is 3.28. The predicted molar refractivity (Wildman–Crippen MR) is 65.5 cm³/mol. The zero-order valence-corrected chi connectivity index (χ0v) is 10.1. The molecule has 0 aliphatic carbocycles. The first-order valence-electron chi connectivity index (χ1n) is 3.98. The highest BCUT2D eigenvalue weighted by Crippen LogP contribution is 2.36. The van der Waals surface area contributed by atoms with Gasteiger partial charge in [-0.3, -0.25) is 0 Å². The first-order chi connectivity index (χ1) is 6.74. The highest BCUT2D eigenvalue weighted by atomic mass is 127. The van der Waals surface area contributed by atoms with Gasteiger partial charge in [0.15, 0.2) is 0 Å². The van der Waals surface area contributed by atoms with Gasteiger partial charge in [0.05, 0.1) is 12.5 Å². The fourth-order valence-electron chi connectivity index (χ4n) is 1.41. The minimum absolute atomic E-state index is 0.286. The van der Waals surface area contributed by atoms with Gasteiger partial charge < -0.3 is 5.11 Å². The van der Waals surface area contributed by atoms with Gasteiger partial charge in [-0.15, -0.1) is 11.3 Å². The standard InChI is InChI=1S/C10H6INOS/c11-7-1-2-9-10(6(7)3-4-12)8(13)5-14-9/h1-2,5,13H,3H2. The van der Waals surface area contributed by atoms with Crippen LogP contribution >= 0.6 is 33.9 Å². The lowest BCUT2D eigenvalue weighted by Crippen LogP contribution is -1.87. The number of nitrogens with zero attached hydrogens (tertiary/aromatic N) is 1. The Bertz CT molecular complexity index is 527. The summed E-state index contributed by atoms with van der Waals surface area (Å²) in [6.07, 6.45) is 0.347. The Kier molecular flexibility index (Phi) is 2.61. The van der Waals surface area contributed by atoms with Crippen LogP contribution in [0.15, 0.2) is 17.5 Å². The number of hydrogen-bond acceptors (Lipinski definition) is 3. The van der Waals surface area contributed by atoms with Crippen LogP contribution in [0.25, 0.3) is 10.1 Å². The zero-order valence-electron chi connectivity index (χ0n) is 7.12. The van der Waals surface area contributed by atoms with Crippen LogP contribution in [0.2, 0.25) is 0 Å². The summed E-state index contributed by atoms with van der Waals surface area (Å²) in [6, 6.07) is 6.07. The lowest BCUT2D eigenvalue weighted by atomic mass is 10.1. The molecule has 4 heteroatoms. The van der Waals surface area contributed by atoms with E-state index in [9.17, 15) is 5.11 Å². The second-order valence-corrected chi connectivity index (χ2v) is 4.93. The summed E-state index contributed by atoms with van der Waals surface area (Å²) in [7, 11) is 0. The van der Waals surface area contributed by atoms with Crippen molar-refractivity contribution >= 4 is 44.0 Å². The Balaban J connectivity index is 2.81. The Morgan fingerprint density at radius 3 is 3.00 bits per heavy atom. The molecule has 2 aromatic rings.